The minimum Gasteiger partial charge on any atom is -0.450 e. The molecule has 2 aliphatic rings. The number of H-pyrrole nitrogens is 2. The summed E-state index contributed by atoms with van der Waals surface area (Å²) in [4.78, 5) is 84.3. The van der Waals surface area contributed by atoms with Gasteiger partial charge in [-0.3, -0.25) is 30.0 Å². The van der Waals surface area contributed by atoms with Gasteiger partial charge in [0.15, 0.2) is 5.78 Å². The van der Waals surface area contributed by atoms with E-state index in [9.17, 15) is 24.0 Å². The molecule has 3 aromatic carbocycles. The second kappa shape index (κ2) is 18.4. The maximum Gasteiger partial charge on any atom is 0.413 e. The van der Waals surface area contributed by atoms with Crippen LogP contribution in [-0.4, -0.2) is 104 Å². The van der Waals surface area contributed by atoms with Gasteiger partial charge in [0.25, 0.3) is 11.5 Å². The average molecular weight is 888 g/mol. The molecule has 0 unspecified atom stereocenters. The molecule has 6 heterocycles. The van der Waals surface area contributed by atoms with Crippen molar-refractivity contribution in [1.29, 1.82) is 0 Å². The summed E-state index contributed by atoms with van der Waals surface area (Å²) in [6.45, 7) is 4.32. The first-order chi connectivity index (χ1) is 32.1. The molecule has 1 aliphatic heterocycles. The third-order valence-electron chi connectivity index (χ3n) is 10.2. The van der Waals surface area contributed by atoms with Gasteiger partial charge in [-0.15, -0.1) is 0 Å². The van der Waals surface area contributed by atoms with E-state index >= 15 is 0 Å². The highest BCUT2D eigenvalue weighted by Gasteiger charge is 2.25. The van der Waals surface area contributed by atoms with Crippen LogP contribution in [0.15, 0.2) is 120 Å². The SMILES string of the molecule is CCNC(=O)Nc1nc2c(-n3cccn3)cc(-c3cnn(-c4ccccc4)c(=O)c3)cc2[nH]1.CCOC(=O)Nc1nc2c(C3=NCC(=O)C=C3)cc(-n3cnc(C(=O)NC4CC4)c3)cc2[nH]1. The molecule has 4 amide bonds. The Balaban J connectivity index is 0.000000166. The normalized spacial score (nSPS) is 13.2. The molecule has 0 radical (unpaired) electrons. The predicted molar refractivity (Wildman–Crippen MR) is 245 cm³/mol. The number of dihydropyridines is 1. The molecule has 21 nitrogen and oxygen atoms in total. The number of nitrogens with one attached hydrogen (secondary N) is 6. The van der Waals surface area contributed by atoms with Crippen molar-refractivity contribution < 1.29 is 23.9 Å². The summed E-state index contributed by atoms with van der Waals surface area (Å²) in [5, 5.41) is 19.5. The van der Waals surface area contributed by atoms with Crippen molar-refractivity contribution in [2.75, 3.05) is 30.3 Å². The number of fused-ring (bicyclic) bond motifs is 2. The number of urea groups is 1. The topological polar surface area (TPSA) is 266 Å². The van der Waals surface area contributed by atoms with Crippen molar-refractivity contribution in [2.24, 2.45) is 4.99 Å². The Morgan fingerprint density at radius 3 is 2.35 bits per heavy atom. The number of benzene rings is 3. The summed E-state index contributed by atoms with van der Waals surface area (Å²) in [6.07, 6.45) is 12.8. The lowest BCUT2D eigenvalue weighted by Gasteiger charge is -2.10. The largest absolute Gasteiger partial charge is 0.450 e. The number of aromatic nitrogens is 10. The van der Waals surface area contributed by atoms with Gasteiger partial charge in [-0.1, -0.05) is 18.2 Å². The quantitative estimate of drug-likeness (QED) is 0.0978. The number of anilines is 2. The second-order valence-electron chi connectivity index (χ2n) is 15.0. The van der Waals surface area contributed by atoms with Crippen LogP contribution >= 0.6 is 0 Å². The Morgan fingerprint density at radius 1 is 0.848 bits per heavy atom. The molecule has 66 heavy (non-hydrogen) atoms. The molecule has 332 valence electrons. The molecule has 1 saturated carbocycles. The van der Waals surface area contributed by atoms with Crippen molar-refractivity contribution >= 4 is 63.5 Å². The summed E-state index contributed by atoms with van der Waals surface area (Å²) in [5.41, 5.74) is 7.31. The Labute approximate surface area is 374 Å². The average Bonchev–Trinajstić information content (AvgIpc) is 3.77. The van der Waals surface area contributed by atoms with Gasteiger partial charge in [0.1, 0.15) is 29.6 Å². The highest BCUT2D eigenvalue weighted by Crippen LogP contribution is 2.30. The van der Waals surface area contributed by atoms with Gasteiger partial charge in [0, 0.05) is 54.1 Å². The number of amides is 4. The number of aromatic amines is 2. The molecule has 0 saturated heterocycles. The van der Waals surface area contributed by atoms with Crippen LogP contribution in [0.3, 0.4) is 0 Å². The van der Waals surface area contributed by atoms with E-state index in [-0.39, 0.29) is 48.4 Å². The summed E-state index contributed by atoms with van der Waals surface area (Å²) >= 11 is 0. The number of ether oxygens (including phenoxy) is 1. The third kappa shape index (κ3) is 9.34. The minimum absolute atomic E-state index is 0.0481. The molecular weight excluding hydrogens is 847 g/mol. The molecule has 0 atom stereocenters. The lowest BCUT2D eigenvalue weighted by molar-refractivity contribution is -0.113. The number of aliphatic imine (C=N–C) groups is 1. The van der Waals surface area contributed by atoms with E-state index in [1.807, 2.05) is 67.6 Å². The Bertz CT molecular complexity index is 3250. The number of rotatable bonds is 11. The zero-order chi connectivity index (χ0) is 45.7. The molecular formula is C45H41N15O6. The van der Waals surface area contributed by atoms with E-state index in [2.05, 4.69) is 61.4 Å². The molecule has 0 spiro atoms. The first-order valence-electron chi connectivity index (χ1n) is 20.9. The van der Waals surface area contributed by atoms with Gasteiger partial charge in [0.05, 0.1) is 40.9 Å². The second-order valence-corrected chi connectivity index (χ2v) is 15.0. The zero-order valence-electron chi connectivity index (χ0n) is 35.5. The van der Waals surface area contributed by atoms with Crippen LogP contribution in [0.5, 0.6) is 0 Å². The lowest BCUT2D eigenvalue weighted by atomic mass is 10.0. The third-order valence-corrected chi connectivity index (χ3v) is 10.2. The highest BCUT2D eigenvalue weighted by atomic mass is 16.5. The van der Waals surface area contributed by atoms with Crippen LogP contribution in [0.2, 0.25) is 0 Å². The van der Waals surface area contributed by atoms with E-state index in [1.54, 1.807) is 53.4 Å². The summed E-state index contributed by atoms with van der Waals surface area (Å²) in [7, 11) is 0. The van der Waals surface area contributed by atoms with Gasteiger partial charge in [0.2, 0.25) is 11.9 Å². The smallest absolute Gasteiger partial charge is 0.413 e. The molecule has 1 fully saturated rings. The fourth-order valence-electron chi connectivity index (χ4n) is 7.01. The number of hydrogen-bond donors (Lipinski definition) is 6. The Morgan fingerprint density at radius 2 is 1.64 bits per heavy atom. The summed E-state index contributed by atoms with van der Waals surface area (Å²) < 4.78 is 9.67. The number of hydrogen-bond acceptors (Lipinski definition) is 12. The maximum absolute atomic E-state index is 12.8. The first kappa shape index (κ1) is 42.3. The monoisotopic (exact) mass is 887 g/mol. The van der Waals surface area contributed by atoms with Crippen LogP contribution in [0, 0.1) is 0 Å². The number of carbonyl (C=O) groups excluding carboxylic acids is 4. The first-order valence-corrected chi connectivity index (χ1v) is 20.9. The Kier molecular flexibility index (Phi) is 11.8. The number of nitrogens with zero attached hydrogens (tertiary/aromatic N) is 9. The van der Waals surface area contributed by atoms with Gasteiger partial charge >= 0.3 is 12.1 Å². The predicted octanol–water partition coefficient (Wildman–Crippen LogP) is 5.24. The molecule has 6 N–H and O–H groups in total. The standard InChI is InChI=1S/C23H20N8O2.C22H21N7O4/c1-2-24-23(33)29-22-27-18-11-15(12-19(21(18)28-22)30-10-6-9-25-30)16-13-20(32)31(26-14-16)17-7-4-3-5-8-17;1-2-33-22(32)28-21-26-17-8-13(29-10-18(24-11-29)20(31)25-12-3-4-12)7-15(19(17)27-21)16-6-5-14(30)9-23-16/h3-14H,2H2,1H3,(H3,24,27,28,29,33);5-8,10-12H,2-4,9H2,1H3,(H,25,31)(H2,26,27,28,32). The van der Waals surface area contributed by atoms with Gasteiger partial charge in [-0.25, -0.2) is 29.2 Å². The van der Waals surface area contributed by atoms with Crippen molar-refractivity contribution in [3.05, 3.63) is 132 Å². The van der Waals surface area contributed by atoms with Crippen molar-refractivity contribution in [3.8, 4) is 28.2 Å². The maximum atomic E-state index is 12.8. The fourth-order valence-corrected chi connectivity index (χ4v) is 7.01. The number of carbonyl (C=O) groups is 4. The Hall–Kier alpha value is -9.01. The molecule has 21 heteroatoms. The number of imidazole rings is 3. The van der Waals surface area contributed by atoms with E-state index in [0.717, 1.165) is 18.4 Å². The summed E-state index contributed by atoms with van der Waals surface area (Å²) in [6, 6.07) is 19.9. The van der Waals surface area contributed by atoms with E-state index in [0.29, 0.717) is 74.2 Å². The minimum atomic E-state index is -0.625. The van der Waals surface area contributed by atoms with Crippen molar-refractivity contribution in [3.63, 3.8) is 0 Å². The van der Waals surface area contributed by atoms with Crippen molar-refractivity contribution in [1.82, 2.24) is 59.7 Å². The van der Waals surface area contributed by atoms with E-state index in [4.69, 9.17) is 4.74 Å². The van der Waals surface area contributed by atoms with Gasteiger partial charge in [-0.05, 0) is 86.9 Å². The van der Waals surface area contributed by atoms with Crippen LogP contribution < -0.4 is 26.8 Å². The fraction of sp³-hybridized carbons (Fsp3) is 0.178. The number of para-hydroxylation sites is 1. The molecule has 5 aromatic heterocycles. The number of ketones is 1. The number of allylic oxidation sites excluding steroid dienone is 1. The molecule has 10 rings (SSSR count). The van der Waals surface area contributed by atoms with E-state index < -0.39 is 6.09 Å². The highest BCUT2D eigenvalue weighted by molar-refractivity contribution is 6.19. The van der Waals surface area contributed by atoms with E-state index in [1.165, 1.54) is 16.8 Å². The van der Waals surface area contributed by atoms with Crippen LogP contribution in [0.1, 0.15) is 42.7 Å². The van der Waals surface area contributed by atoms with Gasteiger partial charge in [-0.2, -0.15) is 14.9 Å². The molecule has 1 aliphatic carbocycles. The zero-order valence-corrected chi connectivity index (χ0v) is 35.5. The molecule has 8 aromatic rings. The van der Waals surface area contributed by atoms with Gasteiger partial charge < -0.3 is 29.9 Å². The molecule has 0 bridgehead atoms. The van der Waals surface area contributed by atoms with Crippen LogP contribution in [-0.2, 0) is 9.53 Å². The lowest BCUT2D eigenvalue weighted by Crippen LogP contribution is -2.28. The van der Waals surface area contributed by atoms with Crippen LogP contribution in [0.25, 0.3) is 50.3 Å². The van der Waals surface area contributed by atoms with Crippen molar-refractivity contribution in [2.45, 2.75) is 32.7 Å². The van der Waals surface area contributed by atoms with Crippen LogP contribution in [0.4, 0.5) is 21.5 Å². The summed E-state index contributed by atoms with van der Waals surface area (Å²) in [5.74, 6) is 0.226.